The van der Waals surface area contributed by atoms with Gasteiger partial charge in [0, 0.05) is 5.92 Å². The summed E-state index contributed by atoms with van der Waals surface area (Å²) < 4.78 is 5.85. The quantitative estimate of drug-likeness (QED) is 0.473. The van der Waals surface area contributed by atoms with Gasteiger partial charge in [0.2, 0.25) is 0 Å². The third kappa shape index (κ3) is 4.89. The summed E-state index contributed by atoms with van der Waals surface area (Å²) in [7, 11) is 0. The zero-order chi connectivity index (χ0) is 17.0. The Morgan fingerprint density at radius 1 is 1.43 bits per heavy atom. The van der Waals surface area contributed by atoms with Gasteiger partial charge in [0.25, 0.3) is 0 Å². The number of carbonyl (C=O) groups is 1. The molecule has 4 atom stereocenters. The summed E-state index contributed by atoms with van der Waals surface area (Å²) >= 11 is 0. The molecular weight excluding hydrogens is 288 g/mol. The Hall–Kier alpha value is -1.19. The van der Waals surface area contributed by atoms with Crippen molar-refractivity contribution in [1.82, 2.24) is 0 Å². The fourth-order valence-electron chi connectivity index (χ4n) is 3.49. The van der Waals surface area contributed by atoms with Crippen molar-refractivity contribution < 1.29 is 14.6 Å². The average molecular weight is 318 g/mol. The Morgan fingerprint density at radius 2 is 2.17 bits per heavy atom. The van der Waals surface area contributed by atoms with Gasteiger partial charge in [0.15, 0.2) is 0 Å². The number of aldehydes is 1. The molecule has 1 heterocycles. The van der Waals surface area contributed by atoms with Crippen LogP contribution in [0.15, 0.2) is 35.5 Å². The summed E-state index contributed by atoms with van der Waals surface area (Å²) in [5, 5.41) is 10.5. The number of carbonyl (C=O) groups excluding carboxylic acids is 1. The summed E-state index contributed by atoms with van der Waals surface area (Å²) in [4.78, 5) is 11.3. The molecule has 2 aliphatic rings. The summed E-state index contributed by atoms with van der Waals surface area (Å²) in [5.41, 5.74) is 2.96. The van der Waals surface area contributed by atoms with Crippen molar-refractivity contribution >= 4 is 6.29 Å². The van der Waals surface area contributed by atoms with Crippen LogP contribution in [0.25, 0.3) is 0 Å². The highest BCUT2D eigenvalue weighted by Gasteiger charge is 2.50. The molecule has 0 unspecified atom stereocenters. The minimum absolute atomic E-state index is 0.00122. The molecule has 0 aromatic rings. The second-order valence-electron chi connectivity index (χ2n) is 7.39. The van der Waals surface area contributed by atoms with E-state index in [1.165, 1.54) is 5.57 Å². The molecule has 128 valence electrons. The first-order valence-electron chi connectivity index (χ1n) is 8.68. The maximum atomic E-state index is 11.3. The first-order valence-corrected chi connectivity index (χ1v) is 8.68. The van der Waals surface area contributed by atoms with Crippen LogP contribution in [0.4, 0.5) is 0 Å². The molecule has 1 saturated heterocycles. The number of hydrogen-bond acceptors (Lipinski definition) is 3. The highest BCUT2D eigenvalue weighted by Crippen LogP contribution is 2.43. The zero-order valence-electron chi connectivity index (χ0n) is 14.7. The molecule has 23 heavy (non-hydrogen) atoms. The van der Waals surface area contributed by atoms with Crippen LogP contribution in [0, 0.1) is 5.92 Å². The third-order valence-electron chi connectivity index (χ3n) is 5.30. The molecule has 0 amide bonds. The minimum atomic E-state index is -0.644. The standard InChI is InChI=1S/C20H30O3/c1-14(2)17-9-7-15(3)6-5-11-20(4)19(23-20)10-8-16(13-21)12-18(17)22/h6,12-13,17-19,22H,1,5,7-11H2,2-4H3/b15-6+,16-12?/t17-,18+,19-,20-/m1/s1. The van der Waals surface area contributed by atoms with Gasteiger partial charge in [-0.3, -0.25) is 4.79 Å². The second kappa shape index (κ2) is 7.59. The van der Waals surface area contributed by atoms with Crippen LogP contribution in [-0.2, 0) is 9.53 Å². The van der Waals surface area contributed by atoms with Crippen LogP contribution >= 0.6 is 0 Å². The van der Waals surface area contributed by atoms with E-state index >= 15 is 0 Å². The van der Waals surface area contributed by atoms with Gasteiger partial charge in [-0.2, -0.15) is 0 Å². The monoisotopic (exact) mass is 318 g/mol. The SMILES string of the molecule is C=C(C)[C@H]1CC/C(C)=C/CC[C@@]2(C)O[C@@H]2CCC(C=O)=C[C@@H]1O. The lowest BCUT2D eigenvalue weighted by Crippen LogP contribution is -2.20. The van der Waals surface area contributed by atoms with E-state index in [2.05, 4.69) is 26.5 Å². The molecule has 0 aromatic carbocycles. The van der Waals surface area contributed by atoms with Crippen LogP contribution in [0.3, 0.4) is 0 Å². The van der Waals surface area contributed by atoms with Gasteiger partial charge in [-0.1, -0.05) is 23.8 Å². The van der Waals surface area contributed by atoms with Crippen molar-refractivity contribution in [3.8, 4) is 0 Å². The highest BCUT2D eigenvalue weighted by molar-refractivity contribution is 5.73. The molecule has 1 fully saturated rings. The molecule has 1 N–H and O–H groups in total. The Morgan fingerprint density at radius 3 is 2.83 bits per heavy atom. The summed E-state index contributed by atoms with van der Waals surface area (Å²) in [6.45, 7) is 10.3. The second-order valence-corrected chi connectivity index (χ2v) is 7.39. The summed E-state index contributed by atoms with van der Waals surface area (Å²) in [6.07, 6.45) is 9.84. The number of hydrogen-bond donors (Lipinski definition) is 1. The van der Waals surface area contributed by atoms with Crippen LogP contribution in [0.1, 0.15) is 59.3 Å². The van der Waals surface area contributed by atoms with Gasteiger partial charge in [-0.25, -0.2) is 0 Å². The number of fused-ring (bicyclic) bond motifs is 1. The Labute approximate surface area is 140 Å². The maximum Gasteiger partial charge on any atom is 0.145 e. The van der Waals surface area contributed by atoms with E-state index in [0.717, 1.165) is 44.0 Å². The smallest absolute Gasteiger partial charge is 0.145 e. The van der Waals surface area contributed by atoms with Crippen molar-refractivity contribution in [3.63, 3.8) is 0 Å². The van der Waals surface area contributed by atoms with Gasteiger partial charge in [0.1, 0.15) is 6.29 Å². The van der Waals surface area contributed by atoms with Gasteiger partial charge < -0.3 is 9.84 Å². The van der Waals surface area contributed by atoms with E-state index < -0.39 is 6.10 Å². The first-order chi connectivity index (χ1) is 10.9. The number of aliphatic hydroxyl groups excluding tert-OH is 1. The van der Waals surface area contributed by atoms with Crippen LogP contribution in [0.5, 0.6) is 0 Å². The summed E-state index contributed by atoms with van der Waals surface area (Å²) in [6, 6.07) is 0. The van der Waals surface area contributed by atoms with E-state index in [9.17, 15) is 9.90 Å². The molecule has 3 nitrogen and oxygen atoms in total. The highest BCUT2D eigenvalue weighted by atomic mass is 16.6. The fraction of sp³-hybridized carbons (Fsp3) is 0.650. The van der Waals surface area contributed by atoms with E-state index in [0.29, 0.717) is 12.0 Å². The molecule has 0 bridgehead atoms. The number of aliphatic hydroxyl groups is 1. The van der Waals surface area contributed by atoms with Gasteiger partial charge >= 0.3 is 0 Å². The van der Waals surface area contributed by atoms with Gasteiger partial charge in [-0.15, -0.1) is 0 Å². The Bertz CT molecular complexity index is 517. The number of ether oxygens (including phenoxy) is 1. The first kappa shape index (κ1) is 18.2. The van der Waals surface area contributed by atoms with E-state index in [-0.39, 0.29) is 17.6 Å². The number of rotatable bonds is 2. The van der Waals surface area contributed by atoms with E-state index in [4.69, 9.17) is 4.74 Å². The zero-order valence-corrected chi connectivity index (χ0v) is 14.7. The van der Waals surface area contributed by atoms with Crippen LogP contribution in [0.2, 0.25) is 0 Å². The van der Waals surface area contributed by atoms with E-state index in [1.54, 1.807) is 6.08 Å². The fourth-order valence-corrected chi connectivity index (χ4v) is 3.49. The Balaban J connectivity index is 2.17. The maximum absolute atomic E-state index is 11.3. The molecule has 1 aliphatic heterocycles. The van der Waals surface area contributed by atoms with Gasteiger partial charge in [0.05, 0.1) is 17.8 Å². The molecule has 2 rings (SSSR count). The minimum Gasteiger partial charge on any atom is -0.388 e. The molecule has 3 heteroatoms. The van der Waals surface area contributed by atoms with Crippen molar-refractivity contribution in [2.75, 3.05) is 0 Å². The van der Waals surface area contributed by atoms with Crippen LogP contribution < -0.4 is 0 Å². The average Bonchev–Trinajstić information content (AvgIpc) is 3.13. The lowest BCUT2D eigenvalue weighted by Gasteiger charge is -2.22. The largest absolute Gasteiger partial charge is 0.388 e. The van der Waals surface area contributed by atoms with Gasteiger partial charge in [-0.05, 0) is 70.9 Å². The molecule has 0 aromatic heterocycles. The topological polar surface area (TPSA) is 49.8 Å². The lowest BCUT2D eigenvalue weighted by atomic mass is 9.87. The summed E-state index contributed by atoms with van der Waals surface area (Å²) in [5.74, 6) is -0.00122. The predicted molar refractivity (Wildman–Crippen MR) is 93.2 cm³/mol. The van der Waals surface area contributed by atoms with E-state index in [1.807, 2.05) is 6.92 Å². The van der Waals surface area contributed by atoms with Crippen molar-refractivity contribution in [3.05, 3.63) is 35.5 Å². The third-order valence-corrected chi connectivity index (χ3v) is 5.30. The molecule has 1 aliphatic carbocycles. The normalized spacial score (nSPS) is 38.3. The Kier molecular flexibility index (Phi) is 5.99. The van der Waals surface area contributed by atoms with Crippen molar-refractivity contribution in [1.29, 1.82) is 0 Å². The molecular formula is C20H30O3. The lowest BCUT2D eigenvalue weighted by molar-refractivity contribution is -0.105. The molecule has 0 saturated carbocycles. The van der Waals surface area contributed by atoms with Crippen molar-refractivity contribution in [2.24, 2.45) is 5.92 Å². The number of allylic oxidation sites excluding steroid dienone is 3. The van der Waals surface area contributed by atoms with Crippen molar-refractivity contribution in [2.45, 2.75) is 77.1 Å². The van der Waals surface area contributed by atoms with Crippen LogP contribution in [-0.4, -0.2) is 29.2 Å². The molecule has 0 radical (unpaired) electrons. The predicted octanol–water partition coefficient (Wildman–Crippen LogP) is 4.12. The molecule has 0 spiro atoms. The number of epoxide rings is 1.